The van der Waals surface area contributed by atoms with E-state index in [4.69, 9.17) is 0 Å². The highest BCUT2D eigenvalue weighted by Crippen LogP contribution is 2.42. The molecule has 1 aromatic rings. The molecule has 0 spiro atoms. The van der Waals surface area contributed by atoms with E-state index in [0.29, 0.717) is 0 Å². The van der Waals surface area contributed by atoms with Crippen LogP contribution in [0.15, 0.2) is 28.0 Å². The molecule has 0 bridgehead atoms. The summed E-state index contributed by atoms with van der Waals surface area (Å²) in [5, 5.41) is 0. The molecule has 21 heavy (non-hydrogen) atoms. The smallest absolute Gasteiger partial charge is 0.293 e. The first-order valence-corrected chi connectivity index (χ1v) is 7.77. The Labute approximate surface area is 133 Å². The van der Waals surface area contributed by atoms with Gasteiger partial charge in [-0.3, -0.25) is 4.79 Å². The molecule has 0 heterocycles. The van der Waals surface area contributed by atoms with E-state index in [1.807, 2.05) is 0 Å². The third kappa shape index (κ3) is 6.96. The molecule has 0 aromatic heterocycles. The van der Waals surface area contributed by atoms with Crippen molar-refractivity contribution in [3.8, 4) is 0 Å². The van der Waals surface area contributed by atoms with Crippen LogP contribution in [0.2, 0.25) is 0 Å². The summed E-state index contributed by atoms with van der Waals surface area (Å²) in [6, 6.07) is 2.61. The summed E-state index contributed by atoms with van der Waals surface area (Å²) < 4.78 is 74.1. The van der Waals surface area contributed by atoms with Gasteiger partial charge in [0.1, 0.15) is 0 Å². The van der Waals surface area contributed by atoms with E-state index in [0.717, 1.165) is 18.2 Å². The third-order valence-corrected chi connectivity index (χ3v) is 3.81. The molecule has 0 saturated heterocycles. The first-order valence-electron chi connectivity index (χ1n) is 5.22. The molecule has 1 unspecified atom stereocenters. The summed E-state index contributed by atoms with van der Waals surface area (Å²) in [6.07, 6.45) is 0. The summed E-state index contributed by atoms with van der Waals surface area (Å²) in [4.78, 5) is 10.1. The van der Waals surface area contributed by atoms with Crippen LogP contribution in [0.4, 0.5) is 26.3 Å². The topological polar surface area (TPSA) is 17.1 Å². The Kier molecular flexibility index (Phi) is 6.08. The van der Waals surface area contributed by atoms with Crippen molar-refractivity contribution in [2.75, 3.05) is 0 Å². The monoisotopic (exact) mass is 412 g/mol. The maximum atomic E-state index is 12.3. The lowest BCUT2D eigenvalue weighted by Gasteiger charge is -2.12. The fraction of sp³-hybridized carbons (Fsp3) is 0.364. The van der Waals surface area contributed by atoms with Crippen LogP contribution in [0.25, 0.3) is 0 Å². The number of benzene rings is 1. The number of hydrogen-bond donors (Lipinski definition) is 0. The van der Waals surface area contributed by atoms with Crippen LogP contribution >= 0.6 is 39.5 Å². The van der Waals surface area contributed by atoms with Crippen LogP contribution in [0.5, 0.6) is 0 Å². The third-order valence-electron chi connectivity index (χ3n) is 1.99. The summed E-state index contributed by atoms with van der Waals surface area (Å²) in [5.74, 6) is -0.594. The lowest BCUT2D eigenvalue weighted by Crippen LogP contribution is -2.11. The molecule has 1 aromatic carbocycles. The van der Waals surface area contributed by atoms with Crippen LogP contribution in [0.1, 0.15) is 17.3 Å². The van der Waals surface area contributed by atoms with Crippen molar-refractivity contribution in [3.63, 3.8) is 0 Å². The second-order valence-corrected chi connectivity index (χ2v) is 7.42. The highest BCUT2D eigenvalue weighted by molar-refractivity contribution is 9.10. The zero-order valence-electron chi connectivity index (χ0n) is 10.2. The molecular weight excluding hydrogens is 406 g/mol. The summed E-state index contributed by atoms with van der Waals surface area (Å²) in [6.45, 7) is 1.43. The van der Waals surface area contributed by atoms with Crippen LogP contribution in [0.3, 0.4) is 0 Å². The van der Waals surface area contributed by atoms with E-state index >= 15 is 0 Å². The van der Waals surface area contributed by atoms with E-state index in [1.165, 1.54) is 6.92 Å². The lowest BCUT2D eigenvalue weighted by molar-refractivity contribution is -0.0334. The Hall–Kier alpha value is -0.350. The number of carbonyl (C=O) groups excluding carboxylic acids is 1. The number of alkyl halides is 7. The Morgan fingerprint density at radius 3 is 1.67 bits per heavy atom. The van der Waals surface area contributed by atoms with Gasteiger partial charge in [-0.05, 0) is 48.6 Å². The second kappa shape index (κ2) is 6.82. The fourth-order valence-electron chi connectivity index (χ4n) is 1.33. The number of ketones is 1. The van der Waals surface area contributed by atoms with Crippen molar-refractivity contribution in [2.24, 2.45) is 0 Å². The van der Waals surface area contributed by atoms with E-state index in [9.17, 15) is 31.1 Å². The predicted molar refractivity (Wildman–Crippen MR) is 73.0 cm³/mol. The number of carbonyl (C=O) groups is 1. The summed E-state index contributed by atoms with van der Waals surface area (Å²) >= 11 is 1.81. The highest BCUT2D eigenvalue weighted by atomic mass is 79.9. The van der Waals surface area contributed by atoms with E-state index in [-0.39, 0.29) is 5.56 Å². The summed E-state index contributed by atoms with van der Waals surface area (Å²) in [7, 11) is 0. The van der Waals surface area contributed by atoms with Crippen molar-refractivity contribution in [1.29, 1.82) is 0 Å². The van der Waals surface area contributed by atoms with E-state index in [2.05, 4.69) is 15.9 Å². The number of rotatable bonds is 4. The van der Waals surface area contributed by atoms with Crippen LogP contribution in [-0.2, 0) is 0 Å². The number of halogens is 7. The van der Waals surface area contributed by atoms with Crippen molar-refractivity contribution in [3.05, 3.63) is 23.8 Å². The Morgan fingerprint density at radius 2 is 1.38 bits per heavy atom. The van der Waals surface area contributed by atoms with Crippen LogP contribution < -0.4 is 0 Å². The molecular formula is C11H7BrF6OS2. The van der Waals surface area contributed by atoms with Gasteiger partial charge in [0.25, 0.3) is 0 Å². The Bertz CT molecular complexity index is 492. The molecule has 0 saturated carbocycles. The van der Waals surface area contributed by atoms with Crippen molar-refractivity contribution < 1.29 is 31.1 Å². The number of hydrogen-bond acceptors (Lipinski definition) is 3. The Balaban J connectivity index is 3.22. The van der Waals surface area contributed by atoms with E-state index < -0.39 is 54.9 Å². The zero-order chi connectivity index (χ0) is 16.4. The minimum atomic E-state index is -4.65. The second-order valence-electron chi connectivity index (χ2n) is 3.77. The minimum absolute atomic E-state index is 0.208. The van der Waals surface area contributed by atoms with Crippen molar-refractivity contribution in [2.45, 2.75) is 32.6 Å². The molecule has 118 valence electrons. The van der Waals surface area contributed by atoms with Gasteiger partial charge < -0.3 is 0 Å². The van der Waals surface area contributed by atoms with Crippen molar-refractivity contribution >= 4 is 45.2 Å². The number of Topliss-reactive ketones (excluding diaryl/α,β-unsaturated/α-hetero) is 1. The van der Waals surface area contributed by atoms with Crippen LogP contribution in [0, 0.1) is 0 Å². The number of thioether (sulfide) groups is 2. The normalized spacial score (nSPS) is 14.1. The maximum Gasteiger partial charge on any atom is 0.446 e. The fourth-order valence-corrected chi connectivity index (χ4v) is 2.95. The molecule has 0 radical (unpaired) electrons. The molecule has 1 nitrogen and oxygen atoms in total. The Morgan fingerprint density at radius 1 is 1.00 bits per heavy atom. The molecule has 1 rings (SSSR count). The van der Waals surface area contributed by atoms with Gasteiger partial charge in [-0.2, -0.15) is 26.3 Å². The average Bonchev–Trinajstić information content (AvgIpc) is 2.22. The van der Waals surface area contributed by atoms with Crippen LogP contribution in [-0.4, -0.2) is 21.6 Å². The SMILES string of the molecule is CC(Br)C(=O)c1cc(SC(F)(F)F)cc(SC(F)(F)F)c1. The lowest BCUT2D eigenvalue weighted by atomic mass is 10.1. The molecule has 0 amide bonds. The predicted octanol–water partition coefficient (Wildman–Crippen LogP) is 5.88. The molecule has 0 aliphatic rings. The van der Waals surface area contributed by atoms with Gasteiger partial charge in [0, 0.05) is 15.4 Å². The largest absolute Gasteiger partial charge is 0.446 e. The zero-order valence-corrected chi connectivity index (χ0v) is 13.4. The van der Waals surface area contributed by atoms with E-state index in [1.54, 1.807) is 0 Å². The molecule has 0 aliphatic carbocycles. The summed E-state index contributed by atoms with van der Waals surface area (Å²) in [5.41, 5.74) is -9.51. The molecule has 0 aliphatic heterocycles. The first kappa shape index (κ1) is 18.7. The van der Waals surface area contributed by atoms with Gasteiger partial charge in [0.05, 0.1) is 4.83 Å². The molecule has 1 atom stereocenters. The van der Waals surface area contributed by atoms with Gasteiger partial charge in [-0.25, -0.2) is 0 Å². The molecule has 0 fully saturated rings. The van der Waals surface area contributed by atoms with Gasteiger partial charge >= 0.3 is 11.0 Å². The van der Waals surface area contributed by atoms with Crippen molar-refractivity contribution in [1.82, 2.24) is 0 Å². The maximum absolute atomic E-state index is 12.3. The van der Waals surface area contributed by atoms with Gasteiger partial charge in [0.15, 0.2) is 5.78 Å². The minimum Gasteiger partial charge on any atom is -0.293 e. The van der Waals surface area contributed by atoms with Gasteiger partial charge in [0.2, 0.25) is 0 Å². The quantitative estimate of drug-likeness (QED) is 0.266. The highest BCUT2D eigenvalue weighted by Gasteiger charge is 2.32. The standard InChI is InChI=1S/C11H7BrF6OS2/c1-5(12)9(19)6-2-7(20-10(13,14)15)4-8(3-6)21-11(16,17)18/h2-5H,1H3. The first-order chi connectivity index (χ1) is 9.37. The van der Waals surface area contributed by atoms with Gasteiger partial charge in [-0.1, -0.05) is 15.9 Å². The molecule has 10 heteroatoms. The molecule has 0 N–H and O–H groups in total. The average molecular weight is 413 g/mol. The van der Waals surface area contributed by atoms with Gasteiger partial charge in [-0.15, -0.1) is 0 Å².